The van der Waals surface area contributed by atoms with Crippen LogP contribution in [0.4, 0.5) is 17.6 Å². The Morgan fingerprint density at radius 2 is 1.53 bits per heavy atom. The van der Waals surface area contributed by atoms with Crippen LogP contribution in [0.1, 0.15) is 25.7 Å². The van der Waals surface area contributed by atoms with Crippen LogP contribution in [0.2, 0.25) is 0 Å². The minimum atomic E-state index is -5.08. The highest BCUT2D eigenvalue weighted by atomic mass is 32.2. The normalized spacial score (nSPS) is 17.4. The molecule has 0 saturated carbocycles. The molecule has 2 saturated heterocycles. The number of likely N-dealkylation sites (tertiary alicyclic amines) is 1. The summed E-state index contributed by atoms with van der Waals surface area (Å²) >= 11 is 0. The van der Waals surface area contributed by atoms with Crippen LogP contribution >= 0.6 is 0 Å². The lowest BCUT2D eigenvalue weighted by molar-refractivity contribution is -0.192. The lowest BCUT2D eigenvalue weighted by Crippen LogP contribution is -2.47. The number of carboxylic acids is 1. The van der Waals surface area contributed by atoms with Crippen LogP contribution in [0.15, 0.2) is 29.2 Å². The summed E-state index contributed by atoms with van der Waals surface area (Å²) in [4.78, 5) is 25.5. The Labute approximate surface area is 208 Å². The molecule has 0 aliphatic carbocycles. The number of halogens is 4. The zero-order chi connectivity index (χ0) is 26.8. The molecular formula is C22H32F4N4O5S. The molecule has 1 amide bonds. The van der Waals surface area contributed by atoms with Crippen LogP contribution < -0.4 is 5.32 Å². The van der Waals surface area contributed by atoms with Gasteiger partial charge in [0.25, 0.3) is 0 Å². The third-order valence-electron chi connectivity index (χ3n) is 5.85. The number of hydrogen-bond acceptors (Lipinski definition) is 6. The smallest absolute Gasteiger partial charge is 0.475 e. The highest BCUT2D eigenvalue weighted by Crippen LogP contribution is 2.18. The van der Waals surface area contributed by atoms with Gasteiger partial charge in [-0.15, -0.1) is 0 Å². The molecule has 2 heterocycles. The Kier molecular flexibility index (Phi) is 11.5. The molecule has 14 heteroatoms. The van der Waals surface area contributed by atoms with Crippen molar-refractivity contribution in [3.63, 3.8) is 0 Å². The molecule has 3 rings (SSSR count). The molecule has 204 valence electrons. The number of nitrogens with zero attached hydrogens (tertiary/aromatic N) is 3. The first-order valence-corrected chi connectivity index (χ1v) is 13.1. The number of nitrogens with one attached hydrogen (secondary N) is 1. The summed E-state index contributed by atoms with van der Waals surface area (Å²) in [5.41, 5.74) is 0. The highest BCUT2D eigenvalue weighted by molar-refractivity contribution is 7.89. The molecule has 36 heavy (non-hydrogen) atoms. The molecule has 9 nitrogen and oxygen atoms in total. The van der Waals surface area contributed by atoms with E-state index < -0.39 is 28.0 Å². The summed E-state index contributed by atoms with van der Waals surface area (Å²) in [5.74, 6) is -3.26. The van der Waals surface area contributed by atoms with Crippen LogP contribution in [0, 0.1) is 5.82 Å². The van der Waals surface area contributed by atoms with E-state index in [1.807, 2.05) is 0 Å². The first-order chi connectivity index (χ1) is 16.9. The Hall–Kier alpha value is -2.29. The van der Waals surface area contributed by atoms with Crippen molar-refractivity contribution in [1.82, 2.24) is 19.4 Å². The quantitative estimate of drug-likeness (QED) is 0.484. The number of benzene rings is 1. The number of carboxylic acid groups (broad SMARTS) is 1. The van der Waals surface area contributed by atoms with E-state index in [-0.39, 0.29) is 23.8 Å². The zero-order valence-electron chi connectivity index (χ0n) is 19.8. The first kappa shape index (κ1) is 29.9. The first-order valence-electron chi connectivity index (χ1n) is 11.7. The van der Waals surface area contributed by atoms with Crippen LogP contribution in [0.5, 0.6) is 0 Å². The zero-order valence-corrected chi connectivity index (χ0v) is 20.7. The van der Waals surface area contributed by atoms with Gasteiger partial charge in [0.1, 0.15) is 5.82 Å². The predicted molar refractivity (Wildman–Crippen MR) is 123 cm³/mol. The van der Waals surface area contributed by atoms with E-state index in [2.05, 4.69) is 10.2 Å². The molecule has 0 radical (unpaired) electrons. The monoisotopic (exact) mass is 540 g/mol. The Balaban J connectivity index is 0.000000572. The second-order valence-corrected chi connectivity index (χ2v) is 10.4. The minimum Gasteiger partial charge on any atom is -0.475 e. The number of carbonyl (C=O) groups is 2. The van der Waals surface area contributed by atoms with Gasteiger partial charge in [-0.2, -0.15) is 17.5 Å². The van der Waals surface area contributed by atoms with Gasteiger partial charge < -0.3 is 20.2 Å². The lowest BCUT2D eigenvalue weighted by atomic mass is 10.1. The van der Waals surface area contributed by atoms with Gasteiger partial charge in [0.15, 0.2) is 0 Å². The Bertz CT molecular complexity index is 948. The number of piperazine rings is 1. The number of piperidine rings is 1. The summed E-state index contributed by atoms with van der Waals surface area (Å²) < 4.78 is 72.7. The second-order valence-electron chi connectivity index (χ2n) is 8.44. The van der Waals surface area contributed by atoms with Crippen molar-refractivity contribution in [1.29, 1.82) is 0 Å². The molecule has 0 unspecified atom stereocenters. The molecule has 0 atom stereocenters. The van der Waals surface area contributed by atoms with Crippen molar-refractivity contribution in [2.45, 2.75) is 36.8 Å². The Morgan fingerprint density at radius 1 is 0.972 bits per heavy atom. The van der Waals surface area contributed by atoms with Gasteiger partial charge >= 0.3 is 12.1 Å². The van der Waals surface area contributed by atoms with Crippen molar-refractivity contribution in [3.05, 3.63) is 30.1 Å². The largest absolute Gasteiger partial charge is 0.490 e. The average Bonchev–Trinajstić information content (AvgIpc) is 2.85. The number of sulfonamides is 1. The van der Waals surface area contributed by atoms with Gasteiger partial charge in [0.2, 0.25) is 15.9 Å². The van der Waals surface area contributed by atoms with E-state index in [9.17, 15) is 30.8 Å². The van der Waals surface area contributed by atoms with E-state index in [1.54, 1.807) is 4.90 Å². The third-order valence-corrected chi connectivity index (χ3v) is 7.77. The molecule has 2 aliphatic rings. The molecule has 0 spiro atoms. The summed E-state index contributed by atoms with van der Waals surface area (Å²) in [7, 11) is -3.79. The molecule has 0 bridgehead atoms. The van der Waals surface area contributed by atoms with Crippen LogP contribution in [-0.4, -0.2) is 105 Å². The molecular weight excluding hydrogens is 508 g/mol. The van der Waals surface area contributed by atoms with Crippen molar-refractivity contribution in [2.24, 2.45) is 0 Å². The number of amides is 1. The van der Waals surface area contributed by atoms with E-state index in [4.69, 9.17) is 9.90 Å². The van der Waals surface area contributed by atoms with Crippen molar-refractivity contribution >= 4 is 21.9 Å². The maximum atomic E-state index is 13.3. The Morgan fingerprint density at radius 3 is 2.06 bits per heavy atom. The predicted octanol–water partition coefficient (Wildman–Crippen LogP) is 1.76. The molecule has 2 fully saturated rings. The van der Waals surface area contributed by atoms with Gasteiger partial charge in [0, 0.05) is 52.2 Å². The molecule has 1 aromatic carbocycles. The van der Waals surface area contributed by atoms with Crippen molar-refractivity contribution < 1.29 is 40.7 Å². The topological polar surface area (TPSA) is 110 Å². The van der Waals surface area contributed by atoms with Gasteiger partial charge in [0.05, 0.1) is 4.90 Å². The van der Waals surface area contributed by atoms with E-state index in [0.29, 0.717) is 26.2 Å². The fraction of sp³-hybridized carbons (Fsp3) is 0.636. The van der Waals surface area contributed by atoms with Crippen LogP contribution in [0.3, 0.4) is 0 Å². The maximum absolute atomic E-state index is 13.3. The van der Waals surface area contributed by atoms with E-state index >= 15 is 0 Å². The number of hydrogen-bond donors (Lipinski definition) is 2. The summed E-state index contributed by atoms with van der Waals surface area (Å²) in [6, 6.07) is 4.89. The number of alkyl halides is 3. The molecule has 2 aliphatic heterocycles. The van der Waals surface area contributed by atoms with Crippen molar-refractivity contribution in [2.75, 3.05) is 58.9 Å². The molecule has 0 aromatic heterocycles. The standard InChI is InChI=1S/C20H31FN4O3S.C2HF3O2/c21-18-4-6-19(7-5-18)29(27,28)25(17-16-23-11-2-1-3-12-23)13-8-20(26)24-14-9-22-10-15-24;3-2(4,5)1(6)7/h4-7,22H,1-3,8-17H2;(H,6,7). The molecule has 1 aromatic rings. The summed E-state index contributed by atoms with van der Waals surface area (Å²) in [6.07, 6.45) is -1.45. The number of aliphatic carboxylic acids is 1. The van der Waals surface area contributed by atoms with Crippen molar-refractivity contribution in [3.8, 4) is 0 Å². The lowest BCUT2D eigenvalue weighted by Gasteiger charge is -2.31. The SMILES string of the molecule is O=C(CCN(CCN1CCCCC1)S(=O)(=O)c1ccc(F)cc1)N1CCNCC1.O=C(O)C(F)(F)F. The average molecular weight is 541 g/mol. The molecule has 2 N–H and O–H groups in total. The summed E-state index contributed by atoms with van der Waals surface area (Å²) in [6.45, 7) is 5.88. The minimum absolute atomic E-state index is 0.0243. The van der Waals surface area contributed by atoms with Crippen LogP contribution in [0.25, 0.3) is 0 Å². The summed E-state index contributed by atoms with van der Waals surface area (Å²) in [5, 5.41) is 10.3. The van der Waals surface area contributed by atoms with Gasteiger partial charge in [-0.05, 0) is 50.2 Å². The number of rotatable bonds is 8. The third kappa shape index (κ3) is 9.64. The number of carbonyl (C=O) groups excluding carboxylic acids is 1. The second kappa shape index (κ2) is 13.9. The van der Waals surface area contributed by atoms with Gasteiger partial charge in [-0.3, -0.25) is 4.79 Å². The van der Waals surface area contributed by atoms with E-state index in [0.717, 1.165) is 51.2 Å². The highest BCUT2D eigenvalue weighted by Gasteiger charge is 2.38. The van der Waals surface area contributed by atoms with Gasteiger partial charge in [-0.1, -0.05) is 6.42 Å². The van der Waals surface area contributed by atoms with E-state index in [1.165, 1.54) is 22.9 Å². The fourth-order valence-corrected chi connectivity index (χ4v) is 5.27. The van der Waals surface area contributed by atoms with Crippen LogP contribution in [-0.2, 0) is 19.6 Å². The fourth-order valence-electron chi connectivity index (χ4n) is 3.84. The maximum Gasteiger partial charge on any atom is 0.490 e. The van der Waals surface area contributed by atoms with Gasteiger partial charge in [-0.25, -0.2) is 17.6 Å².